The number of benzene rings is 1. The van der Waals surface area contributed by atoms with Crippen molar-refractivity contribution in [2.45, 2.75) is 52.3 Å². The summed E-state index contributed by atoms with van der Waals surface area (Å²) in [6.07, 6.45) is 0.534. The van der Waals surface area contributed by atoms with Crippen LogP contribution in [0.2, 0.25) is 0 Å². The van der Waals surface area contributed by atoms with Crippen LogP contribution in [0.5, 0.6) is 0 Å². The molecule has 0 amide bonds. The number of rotatable bonds is 6. The van der Waals surface area contributed by atoms with E-state index in [1.807, 2.05) is 30.3 Å². The molecule has 3 unspecified atom stereocenters. The lowest BCUT2D eigenvalue weighted by atomic mass is 9.95. The molecular formula is C16H27NO. The van der Waals surface area contributed by atoms with Gasteiger partial charge in [0.15, 0.2) is 0 Å². The average Bonchev–Trinajstić information content (AvgIpc) is 2.39. The molecule has 0 aromatic heterocycles. The second-order valence-electron chi connectivity index (χ2n) is 5.48. The SMILES string of the molecule is CCC(C(O)c1ccccc1)N(C)C(C)C(C)C. The summed E-state index contributed by atoms with van der Waals surface area (Å²) in [5.41, 5.74) is 1.01. The van der Waals surface area contributed by atoms with E-state index in [1.165, 1.54) is 0 Å². The Labute approximate surface area is 112 Å². The molecule has 3 atom stereocenters. The van der Waals surface area contributed by atoms with Gasteiger partial charge in [0.05, 0.1) is 6.10 Å². The maximum atomic E-state index is 10.5. The van der Waals surface area contributed by atoms with Crippen LogP contribution < -0.4 is 0 Å². The number of hydrogen-bond donors (Lipinski definition) is 1. The molecule has 0 bridgehead atoms. The Bertz CT molecular complexity index is 336. The highest BCUT2D eigenvalue weighted by atomic mass is 16.3. The topological polar surface area (TPSA) is 23.5 Å². The smallest absolute Gasteiger partial charge is 0.0945 e. The van der Waals surface area contributed by atoms with E-state index < -0.39 is 6.10 Å². The third kappa shape index (κ3) is 3.56. The van der Waals surface area contributed by atoms with Gasteiger partial charge in [-0.25, -0.2) is 0 Å². The van der Waals surface area contributed by atoms with Gasteiger partial charge in [0.25, 0.3) is 0 Å². The van der Waals surface area contributed by atoms with Crippen LogP contribution in [-0.4, -0.2) is 29.1 Å². The zero-order valence-corrected chi connectivity index (χ0v) is 12.3. The molecule has 0 saturated carbocycles. The summed E-state index contributed by atoms with van der Waals surface area (Å²) in [6.45, 7) is 8.82. The first-order valence-electron chi connectivity index (χ1n) is 6.94. The monoisotopic (exact) mass is 249 g/mol. The van der Waals surface area contributed by atoms with Crippen molar-refractivity contribution in [3.8, 4) is 0 Å². The van der Waals surface area contributed by atoms with Gasteiger partial charge >= 0.3 is 0 Å². The predicted octanol–water partition coefficient (Wildman–Crippen LogP) is 3.47. The molecule has 1 rings (SSSR count). The first kappa shape index (κ1) is 15.2. The Morgan fingerprint density at radius 2 is 1.67 bits per heavy atom. The lowest BCUT2D eigenvalue weighted by Gasteiger charge is -2.37. The molecule has 1 aromatic rings. The predicted molar refractivity (Wildman–Crippen MR) is 77.5 cm³/mol. The molecule has 1 N–H and O–H groups in total. The Morgan fingerprint density at radius 1 is 1.11 bits per heavy atom. The Kier molecular flexibility index (Phi) is 5.83. The van der Waals surface area contributed by atoms with Crippen molar-refractivity contribution >= 4 is 0 Å². The normalized spacial score (nSPS) is 16.9. The van der Waals surface area contributed by atoms with Crippen LogP contribution in [-0.2, 0) is 0 Å². The van der Waals surface area contributed by atoms with E-state index in [1.54, 1.807) is 0 Å². The van der Waals surface area contributed by atoms with Crippen LogP contribution in [0.4, 0.5) is 0 Å². The van der Waals surface area contributed by atoms with E-state index in [-0.39, 0.29) is 6.04 Å². The van der Waals surface area contributed by atoms with E-state index in [9.17, 15) is 5.11 Å². The molecule has 0 radical (unpaired) electrons. The molecule has 102 valence electrons. The van der Waals surface area contributed by atoms with Gasteiger partial charge in [0, 0.05) is 12.1 Å². The van der Waals surface area contributed by atoms with Crippen LogP contribution in [0.25, 0.3) is 0 Å². The van der Waals surface area contributed by atoms with E-state index in [0.29, 0.717) is 12.0 Å². The standard InChI is InChI=1S/C16H27NO/c1-6-15(17(5)13(4)12(2)3)16(18)14-10-8-7-9-11-14/h7-13,15-16,18H,6H2,1-5H3. The largest absolute Gasteiger partial charge is 0.387 e. The molecule has 0 spiro atoms. The first-order valence-corrected chi connectivity index (χ1v) is 6.94. The number of aliphatic hydroxyl groups excluding tert-OH is 1. The van der Waals surface area contributed by atoms with Crippen LogP contribution in [0.15, 0.2) is 30.3 Å². The molecule has 0 heterocycles. The highest BCUT2D eigenvalue weighted by molar-refractivity contribution is 5.18. The first-order chi connectivity index (χ1) is 8.49. The van der Waals surface area contributed by atoms with Crippen molar-refractivity contribution in [2.24, 2.45) is 5.92 Å². The summed E-state index contributed by atoms with van der Waals surface area (Å²) in [6, 6.07) is 10.6. The summed E-state index contributed by atoms with van der Waals surface area (Å²) in [5, 5.41) is 10.5. The Morgan fingerprint density at radius 3 is 2.11 bits per heavy atom. The molecule has 0 aliphatic rings. The lowest BCUT2D eigenvalue weighted by molar-refractivity contribution is 0.0301. The zero-order chi connectivity index (χ0) is 13.7. The fraction of sp³-hybridized carbons (Fsp3) is 0.625. The van der Waals surface area contributed by atoms with Crippen LogP contribution in [0, 0.1) is 5.92 Å². The molecule has 0 aliphatic heterocycles. The number of nitrogens with zero attached hydrogens (tertiary/aromatic N) is 1. The third-order valence-corrected chi connectivity index (χ3v) is 4.05. The molecule has 2 heteroatoms. The highest BCUT2D eigenvalue weighted by Gasteiger charge is 2.27. The second kappa shape index (κ2) is 6.91. The van der Waals surface area contributed by atoms with Crippen LogP contribution in [0.3, 0.4) is 0 Å². The van der Waals surface area contributed by atoms with Gasteiger partial charge in [-0.3, -0.25) is 4.90 Å². The van der Waals surface area contributed by atoms with Gasteiger partial charge in [-0.05, 0) is 31.9 Å². The van der Waals surface area contributed by atoms with Gasteiger partial charge in [0.2, 0.25) is 0 Å². The summed E-state index contributed by atoms with van der Waals surface area (Å²) < 4.78 is 0. The minimum Gasteiger partial charge on any atom is -0.387 e. The molecule has 1 aromatic carbocycles. The quantitative estimate of drug-likeness (QED) is 0.834. The van der Waals surface area contributed by atoms with Crippen molar-refractivity contribution in [3.05, 3.63) is 35.9 Å². The summed E-state index contributed by atoms with van der Waals surface area (Å²) in [5.74, 6) is 0.590. The van der Waals surface area contributed by atoms with Crippen molar-refractivity contribution in [3.63, 3.8) is 0 Å². The minimum absolute atomic E-state index is 0.171. The maximum Gasteiger partial charge on any atom is 0.0945 e. The van der Waals surface area contributed by atoms with Gasteiger partial charge in [-0.2, -0.15) is 0 Å². The molecule has 0 fully saturated rings. The molecule has 0 saturated heterocycles. The highest BCUT2D eigenvalue weighted by Crippen LogP contribution is 2.25. The number of likely N-dealkylation sites (N-methyl/N-ethyl adjacent to an activating group) is 1. The molecule has 0 aliphatic carbocycles. The van der Waals surface area contributed by atoms with Crippen LogP contribution >= 0.6 is 0 Å². The average molecular weight is 249 g/mol. The zero-order valence-electron chi connectivity index (χ0n) is 12.3. The van der Waals surface area contributed by atoms with E-state index in [0.717, 1.165) is 12.0 Å². The molecular weight excluding hydrogens is 222 g/mol. The van der Waals surface area contributed by atoms with Crippen molar-refractivity contribution in [1.82, 2.24) is 4.90 Å². The fourth-order valence-corrected chi connectivity index (χ4v) is 2.38. The minimum atomic E-state index is -0.414. The van der Waals surface area contributed by atoms with E-state index in [4.69, 9.17) is 0 Å². The van der Waals surface area contributed by atoms with Crippen molar-refractivity contribution in [1.29, 1.82) is 0 Å². The third-order valence-electron chi connectivity index (χ3n) is 4.05. The summed E-state index contributed by atoms with van der Waals surface area (Å²) >= 11 is 0. The van der Waals surface area contributed by atoms with Crippen LogP contribution in [0.1, 0.15) is 45.8 Å². The van der Waals surface area contributed by atoms with Crippen molar-refractivity contribution < 1.29 is 5.11 Å². The van der Waals surface area contributed by atoms with Gasteiger partial charge in [0.1, 0.15) is 0 Å². The van der Waals surface area contributed by atoms with E-state index in [2.05, 4.69) is 39.6 Å². The van der Waals surface area contributed by atoms with Gasteiger partial charge < -0.3 is 5.11 Å². The summed E-state index contributed by atoms with van der Waals surface area (Å²) in [7, 11) is 2.12. The molecule has 2 nitrogen and oxygen atoms in total. The number of aliphatic hydroxyl groups is 1. The Hall–Kier alpha value is -0.860. The second-order valence-corrected chi connectivity index (χ2v) is 5.48. The lowest BCUT2D eigenvalue weighted by Crippen LogP contribution is -2.44. The fourth-order valence-electron chi connectivity index (χ4n) is 2.38. The van der Waals surface area contributed by atoms with E-state index >= 15 is 0 Å². The van der Waals surface area contributed by atoms with Gasteiger partial charge in [-0.1, -0.05) is 51.1 Å². The van der Waals surface area contributed by atoms with Gasteiger partial charge in [-0.15, -0.1) is 0 Å². The summed E-state index contributed by atoms with van der Waals surface area (Å²) in [4.78, 5) is 2.31. The molecule has 18 heavy (non-hydrogen) atoms. The van der Waals surface area contributed by atoms with Crippen molar-refractivity contribution in [2.75, 3.05) is 7.05 Å². The Balaban J connectivity index is 2.83. The maximum absolute atomic E-state index is 10.5. The number of hydrogen-bond acceptors (Lipinski definition) is 2.